The molecule has 4 aromatic rings. The number of amides is 1. The zero-order chi connectivity index (χ0) is 25.4. The van der Waals surface area contributed by atoms with Gasteiger partial charge in [-0.15, -0.1) is 5.10 Å². The van der Waals surface area contributed by atoms with E-state index >= 15 is 0 Å². The molecule has 2 unspecified atom stereocenters. The Kier molecular flexibility index (Phi) is 6.33. The Morgan fingerprint density at radius 2 is 1.97 bits per heavy atom. The number of aromatic nitrogens is 7. The van der Waals surface area contributed by atoms with E-state index in [9.17, 15) is 4.79 Å². The minimum atomic E-state index is -0.223. The highest BCUT2D eigenvalue weighted by atomic mass is 35.5. The van der Waals surface area contributed by atoms with Gasteiger partial charge in [-0.2, -0.15) is 5.10 Å². The first-order valence-corrected chi connectivity index (χ1v) is 13.0. The molecule has 190 valence electrons. The second kappa shape index (κ2) is 9.93. The molecular formula is C26H28ClN9O. The van der Waals surface area contributed by atoms with Gasteiger partial charge in [0.05, 0.1) is 24.0 Å². The molecule has 2 fully saturated rings. The van der Waals surface area contributed by atoms with Gasteiger partial charge in [0.15, 0.2) is 0 Å². The Hall–Kier alpha value is -3.79. The van der Waals surface area contributed by atoms with Gasteiger partial charge in [0.2, 0.25) is 0 Å². The summed E-state index contributed by atoms with van der Waals surface area (Å²) in [7, 11) is 0. The van der Waals surface area contributed by atoms with Crippen molar-refractivity contribution in [2.75, 3.05) is 18.0 Å². The maximum absolute atomic E-state index is 12.8. The minimum Gasteiger partial charge on any atom is -0.356 e. The fraction of sp³-hybridized carbons (Fsp3) is 0.385. The number of anilines is 1. The second-order valence-electron chi connectivity index (χ2n) is 9.91. The molecule has 1 N–H and O–H groups in total. The Morgan fingerprint density at radius 1 is 1.14 bits per heavy atom. The van der Waals surface area contributed by atoms with Crippen LogP contribution < -0.4 is 10.2 Å². The van der Waals surface area contributed by atoms with Crippen molar-refractivity contribution in [3.63, 3.8) is 0 Å². The average molecular weight is 518 g/mol. The third-order valence-electron chi connectivity index (χ3n) is 7.54. The van der Waals surface area contributed by atoms with E-state index in [0.29, 0.717) is 17.1 Å². The number of tetrazole rings is 1. The number of benzene rings is 1. The van der Waals surface area contributed by atoms with Crippen LogP contribution in [-0.2, 0) is 13.1 Å². The number of hydrogen-bond acceptors (Lipinski definition) is 7. The fourth-order valence-corrected chi connectivity index (χ4v) is 5.75. The molecule has 11 heteroatoms. The second-order valence-corrected chi connectivity index (χ2v) is 10.3. The minimum absolute atomic E-state index is 0.223. The summed E-state index contributed by atoms with van der Waals surface area (Å²) in [5, 5.41) is 19.2. The normalized spacial score (nSPS) is 18.8. The summed E-state index contributed by atoms with van der Waals surface area (Å²) >= 11 is 6.18. The lowest BCUT2D eigenvalue weighted by molar-refractivity contribution is 0.0951. The highest BCUT2D eigenvalue weighted by molar-refractivity contribution is 6.30. The van der Waals surface area contributed by atoms with Crippen LogP contribution in [-0.4, -0.2) is 54.0 Å². The summed E-state index contributed by atoms with van der Waals surface area (Å²) in [5.41, 5.74) is 4.10. The lowest BCUT2D eigenvalue weighted by Crippen LogP contribution is -2.23. The maximum Gasteiger partial charge on any atom is 0.254 e. The molecule has 2 aliphatic rings. The Labute approximate surface area is 219 Å². The number of pyridine rings is 1. The van der Waals surface area contributed by atoms with Gasteiger partial charge in [0.1, 0.15) is 12.1 Å². The molecule has 1 saturated carbocycles. The maximum atomic E-state index is 12.8. The molecular weight excluding hydrogens is 490 g/mol. The molecule has 3 aromatic heterocycles. The standard InChI is InChI=1S/C26H28ClN9O/c1-17-18(5-8-25(31-17)34-12-19-3-2-4-20(19)13-34)14-35-15-22(11-30-35)26(37)28-10-21-9-23(27)6-7-24(21)36-16-29-32-33-36/h5-9,11,15-16,19-20H,2-4,10,12-14H2,1H3,(H,28,37). The highest BCUT2D eigenvalue weighted by Crippen LogP contribution is 2.39. The number of nitrogens with zero attached hydrogens (tertiary/aromatic N) is 8. The van der Waals surface area contributed by atoms with Crippen LogP contribution >= 0.6 is 11.6 Å². The number of carbonyl (C=O) groups is 1. The van der Waals surface area contributed by atoms with Crippen LogP contribution in [0.15, 0.2) is 49.1 Å². The van der Waals surface area contributed by atoms with Gasteiger partial charge in [-0.3, -0.25) is 9.48 Å². The third-order valence-corrected chi connectivity index (χ3v) is 7.77. The molecule has 6 rings (SSSR count). The van der Waals surface area contributed by atoms with E-state index in [0.717, 1.165) is 53.3 Å². The van der Waals surface area contributed by atoms with Crippen LogP contribution in [0.3, 0.4) is 0 Å². The summed E-state index contributed by atoms with van der Waals surface area (Å²) in [6, 6.07) is 9.61. The molecule has 1 amide bonds. The number of hydrogen-bond donors (Lipinski definition) is 1. The molecule has 0 radical (unpaired) electrons. The number of carbonyl (C=O) groups excluding carboxylic acids is 1. The fourth-order valence-electron chi connectivity index (χ4n) is 5.55. The molecule has 1 aromatic carbocycles. The molecule has 1 aliphatic carbocycles. The van der Waals surface area contributed by atoms with E-state index in [4.69, 9.17) is 16.6 Å². The first kappa shape index (κ1) is 23.6. The van der Waals surface area contributed by atoms with E-state index in [1.807, 2.05) is 13.0 Å². The van der Waals surface area contributed by atoms with Crippen molar-refractivity contribution in [1.82, 2.24) is 40.3 Å². The summed E-state index contributed by atoms with van der Waals surface area (Å²) < 4.78 is 3.30. The predicted molar refractivity (Wildman–Crippen MR) is 139 cm³/mol. The van der Waals surface area contributed by atoms with Gasteiger partial charge < -0.3 is 10.2 Å². The first-order valence-electron chi connectivity index (χ1n) is 12.6. The van der Waals surface area contributed by atoms with Crippen molar-refractivity contribution in [1.29, 1.82) is 0 Å². The summed E-state index contributed by atoms with van der Waals surface area (Å²) in [5.74, 6) is 2.51. The zero-order valence-corrected chi connectivity index (χ0v) is 21.3. The van der Waals surface area contributed by atoms with E-state index in [-0.39, 0.29) is 12.5 Å². The average Bonchev–Trinajstić information content (AvgIpc) is 3.69. The molecule has 0 spiro atoms. The van der Waals surface area contributed by atoms with Crippen molar-refractivity contribution in [2.24, 2.45) is 11.8 Å². The number of nitrogens with one attached hydrogen (secondary N) is 1. The smallest absolute Gasteiger partial charge is 0.254 e. The monoisotopic (exact) mass is 517 g/mol. The SMILES string of the molecule is Cc1nc(N2CC3CCCC3C2)ccc1Cn1cc(C(=O)NCc2cc(Cl)ccc2-n2cnnn2)cn1. The predicted octanol–water partition coefficient (Wildman–Crippen LogP) is 3.43. The number of aryl methyl sites for hydroxylation is 1. The van der Waals surface area contributed by atoms with Gasteiger partial charge in [-0.25, -0.2) is 9.67 Å². The number of halogens is 1. The van der Waals surface area contributed by atoms with Gasteiger partial charge in [0.25, 0.3) is 5.91 Å². The van der Waals surface area contributed by atoms with E-state index in [1.165, 1.54) is 30.3 Å². The first-order chi connectivity index (χ1) is 18.0. The Bertz CT molecular complexity index is 1410. The lowest BCUT2D eigenvalue weighted by atomic mass is 10.0. The zero-order valence-electron chi connectivity index (χ0n) is 20.6. The molecule has 2 atom stereocenters. The van der Waals surface area contributed by atoms with Crippen LogP contribution in [0, 0.1) is 18.8 Å². The molecule has 10 nitrogen and oxygen atoms in total. The van der Waals surface area contributed by atoms with Crippen LogP contribution in [0.25, 0.3) is 5.69 Å². The van der Waals surface area contributed by atoms with Gasteiger partial charge in [0, 0.05) is 36.5 Å². The van der Waals surface area contributed by atoms with E-state index in [2.05, 4.69) is 43.0 Å². The Balaban J connectivity index is 1.09. The molecule has 0 bridgehead atoms. The number of rotatable bonds is 7. The van der Waals surface area contributed by atoms with Crippen molar-refractivity contribution >= 4 is 23.3 Å². The molecule has 4 heterocycles. The van der Waals surface area contributed by atoms with Crippen LogP contribution in [0.4, 0.5) is 5.82 Å². The van der Waals surface area contributed by atoms with Gasteiger partial charge in [-0.1, -0.05) is 24.1 Å². The summed E-state index contributed by atoms with van der Waals surface area (Å²) in [4.78, 5) is 20.2. The Morgan fingerprint density at radius 3 is 2.73 bits per heavy atom. The lowest BCUT2D eigenvalue weighted by Gasteiger charge is -2.19. The quantitative estimate of drug-likeness (QED) is 0.400. The van der Waals surface area contributed by atoms with Crippen LogP contribution in [0.5, 0.6) is 0 Å². The highest BCUT2D eigenvalue weighted by Gasteiger charge is 2.36. The summed E-state index contributed by atoms with van der Waals surface area (Å²) in [6.07, 6.45) is 8.92. The molecule has 37 heavy (non-hydrogen) atoms. The van der Waals surface area contributed by atoms with Crippen LogP contribution in [0.1, 0.15) is 46.4 Å². The van der Waals surface area contributed by atoms with Crippen molar-refractivity contribution in [3.05, 3.63) is 76.5 Å². The third kappa shape index (κ3) is 4.93. The topological polar surface area (TPSA) is 107 Å². The van der Waals surface area contributed by atoms with Crippen molar-refractivity contribution < 1.29 is 4.79 Å². The summed E-state index contributed by atoms with van der Waals surface area (Å²) in [6.45, 7) is 5.11. The number of fused-ring (bicyclic) bond motifs is 1. The van der Waals surface area contributed by atoms with Crippen molar-refractivity contribution in [2.45, 2.75) is 39.3 Å². The molecule has 1 saturated heterocycles. The van der Waals surface area contributed by atoms with Crippen LogP contribution in [0.2, 0.25) is 5.02 Å². The van der Waals surface area contributed by atoms with E-state index < -0.39 is 0 Å². The molecule has 1 aliphatic heterocycles. The van der Waals surface area contributed by atoms with Gasteiger partial charge in [-0.05, 0) is 77.4 Å². The largest absolute Gasteiger partial charge is 0.356 e. The van der Waals surface area contributed by atoms with Gasteiger partial charge >= 0.3 is 0 Å². The van der Waals surface area contributed by atoms with E-state index in [1.54, 1.807) is 29.2 Å². The van der Waals surface area contributed by atoms with Crippen molar-refractivity contribution in [3.8, 4) is 5.69 Å².